The topological polar surface area (TPSA) is 54.4 Å². The van der Waals surface area contributed by atoms with Crippen LogP contribution in [0.15, 0.2) is 65.8 Å². The highest BCUT2D eigenvalue weighted by molar-refractivity contribution is 6.00. The Balaban J connectivity index is 2.03. The molecule has 1 N–H and O–H groups in total. The smallest absolute Gasteiger partial charge is 0.306 e. The van der Waals surface area contributed by atoms with Gasteiger partial charge in [-0.1, -0.05) is 54.6 Å². The Morgan fingerprint density at radius 1 is 1.13 bits per heavy atom. The number of hydrogen-bond acceptors (Lipinski definition) is 2. The van der Waals surface area contributed by atoms with Crippen molar-refractivity contribution in [3.05, 3.63) is 71.3 Å². The van der Waals surface area contributed by atoms with Crippen molar-refractivity contribution in [3.8, 4) is 0 Å². The minimum absolute atomic E-state index is 0.0486. The normalized spacial score (nSPS) is 15.3. The largest absolute Gasteiger partial charge is 0.481 e. The Morgan fingerprint density at radius 3 is 2.52 bits per heavy atom. The quantitative estimate of drug-likeness (QED) is 0.824. The number of Topliss-reactive ketones (excluding diaryl/α,β-unsaturated/α-hetero) is 1. The lowest BCUT2D eigenvalue weighted by atomic mass is 9.91. The standard InChI is InChI=1S/C20H22O3/c1-15-8-4-2-7-11-18(15)19(21)14-17(20(22)23)13-12-16-9-5-3-6-10-16/h3-11,17H,2,12-14H2,1H3,(H,22,23). The van der Waals surface area contributed by atoms with E-state index in [-0.39, 0.29) is 12.2 Å². The number of carboxylic acids is 1. The van der Waals surface area contributed by atoms with E-state index < -0.39 is 11.9 Å². The molecule has 1 atom stereocenters. The number of rotatable bonds is 7. The molecule has 1 aromatic carbocycles. The Hall–Kier alpha value is -2.42. The summed E-state index contributed by atoms with van der Waals surface area (Å²) in [7, 11) is 0. The van der Waals surface area contributed by atoms with Crippen LogP contribution in [-0.4, -0.2) is 16.9 Å². The summed E-state index contributed by atoms with van der Waals surface area (Å²) in [6, 6.07) is 9.77. The van der Waals surface area contributed by atoms with Gasteiger partial charge in [0.05, 0.1) is 5.92 Å². The highest BCUT2D eigenvalue weighted by atomic mass is 16.4. The summed E-state index contributed by atoms with van der Waals surface area (Å²) in [6.45, 7) is 1.89. The van der Waals surface area contributed by atoms with E-state index in [9.17, 15) is 14.7 Å². The SMILES string of the molecule is CC1=C(C(=O)CC(CCc2ccccc2)C(=O)O)C=CCC=C1. The first kappa shape index (κ1) is 16.9. The molecular formula is C20H22O3. The van der Waals surface area contributed by atoms with Crippen LogP contribution in [0.2, 0.25) is 0 Å². The van der Waals surface area contributed by atoms with Crippen LogP contribution in [0.5, 0.6) is 0 Å². The first-order valence-electron chi connectivity index (χ1n) is 7.92. The average Bonchev–Trinajstić information content (AvgIpc) is 2.76. The van der Waals surface area contributed by atoms with E-state index in [2.05, 4.69) is 0 Å². The second-order valence-corrected chi connectivity index (χ2v) is 5.82. The number of benzene rings is 1. The fraction of sp³-hybridized carbons (Fsp3) is 0.300. The van der Waals surface area contributed by atoms with E-state index >= 15 is 0 Å². The molecule has 0 saturated carbocycles. The molecule has 1 aliphatic rings. The van der Waals surface area contributed by atoms with E-state index in [1.807, 2.05) is 61.6 Å². The first-order chi connectivity index (χ1) is 11.1. The summed E-state index contributed by atoms with van der Waals surface area (Å²) >= 11 is 0. The van der Waals surface area contributed by atoms with Crippen LogP contribution in [0.1, 0.15) is 31.7 Å². The summed E-state index contributed by atoms with van der Waals surface area (Å²) in [4.78, 5) is 24.0. The predicted molar refractivity (Wildman–Crippen MR) is 91.1 cm³/mol. The van der Waals surface area contributed by atoms with Gasteiger partial charge in [-0.05, 0) is 37.3 Å². The maximum atomic E-state index is 12.5. The Labute approximate surface area is 137 Å². The third kappa shape index (κ3) is 5.06. The van der Waals surface area contributed by atoms with Crippen LogP contribution >= 0.6 is 0 Å². The second kappa shape index (κ2) is 8.28. The maximum absolute atomic E-state index is 12.5. The van der Waals surface area contributed by atoms with Gasteiger partial charge in [-0.15, -0.1) is 0 Å². The third-order valence-electron chi connectivity index (χ3n) is 4.06. The highest BCUT2D eigenvalue weighted by Crippen LogP contribution is 2.20. The first-order valence-corrected chi connectivity index (χ1v) is 7.92. The maximum Gasteiger partial charge on any atom is 0.306 e. The molecule has 0 amide bonds. The van der Waals surface area contributed by atoms with Gasteiger partial charge in [-0.2, -0.15) is 0 Å². The van der Waals surface area contributed by atoms with Crippen LogP contribution < -0.4 is 0 Å². The van der Waals surface area contributed by atoms with E-state index in [0.29, 0.717) is 18.4 Å². The molecule has 0 radical (unpaired) electrons. The lowest BCUT2D eigenvalue weighted by Crippen LogP contribution is -2.19. The molecule has 2 rings (SSSR count). The Kier molecular flexibility index (Phi) is 6.10. The van der Waals surface area contributed by atoms with Gasteiger partial charge in [0.25, 0.3) is 0 Å². The van der Waals surface area contributed by atoms with Crippen LogP contribution in [0.4, 0.5) is 0 Å². The van der Waals surface area contributed by atoms with Gasteiger partial charge in [-0.3, -0.25) is 9.59 Å². The molecule has 0 saturated heterocycles. The molecule has 1 aliphatic carbocycles. The van der Waals surface area contributed by atoms with Crippen LogP contribution in [0.3, 0.4) is 0 Å². The van der Waals surface area contributed by atoms with Crippen molar-refractivity contribution in [3.63, 3.8) is 0 Å². The Morgan fingerprint density at radius 2 is 1.83 bits per heavy atom. The predicted octanol–water partition coefficient (Wildman–Crippen LogP) is 4.11. The van der Waals surface area contributed by atoms with Gasteiger partial charge in [0.1, 0.15) is 0 Å². The number of hydrogen-bond donors (Lipinski definition) is 1. The van der Waals surface area contributed by atoms with Crippen molar-refractivity contribution in [2.24, 2.45) is 5.92 Å². The molecule has 0 aliphatic heterocycles. The molecule has 0 bridgehead atoms. The number of aliphatic carboxylic acids is 1. The van der Waals surface area contributed by atoms with E-state index in [4.69, 9.17) is 0 Å². The zero-order valence-corrected chi connectivity index (χ0v) is 13.4. The van der Waals surface area contributed by atoms with Crippen molar-refractivity contribution in [2.45, 2.75) is 32.6 Å². The van der Waals surface area contributed by atoms with Crippen molar-refractivity contribution in [1.29, 1.82) is 0 Å². The second-order valence-electron chi connectivity index (χ2n) is 5.82. The van der Waals surface area contributed by atoms with Gasteiger partial charge in [0, 0.05) is 12.0 Å². The zero-order chi connectivity index (χ0) is 16.7. The van der Waals surface area contributed by atoms with Crippen molar-refractivity contribution < 1.29 is 14.7 Å². The molecule has 0 fully saturated rings. The minimum Gasteiger partial charge on any atom is -0.481 e. The molecule has 23 heavy (non-hydrogen) atoms. The fourth-order valence-electron chi connectivity index (χ4n) is 2.68. The summed E-state index contributed by atoms with van der Waals surface area (Å²) in [6.07, 6.45) is 9.64. The number of carboxylic acid groups (broad SMARTS) is 1. The lowest BCUT2D eigenvalue weighted by Gasteiger charge is -2.13. The molecule has 3 nitrogen and oxygen atoms in total. The van der Waals surface area contributed by atoms with E-state index in [0.717, 1.165) is 17.6 Å². The summed E-state index contributed by atoms with van der Waals surface area (Å²) in [5.74, 6) is -1.64. The summed E-state index contributed by atoms with van der Waals surface area (Å²) in [5.41, 5.74) is 2.62. The van der Waals surface area contributed by atoms with Gasteiger partial charge in [-0.25, -0.2) is 0 Å². The van der Waals surface area contributed by atoms with Gasteiger partial charge in [0.2, 0.25) is 0 Å². The number of aryl methyl sites for hydroxylation is 1. The number of carbonyl (C=O) groups is 2. The van der Waals surface area contributed by atoms with Crippen molar-refractivity contribution >= 4 is 11.8 Å². The number of ketones is 1. The average molecular weight is 310 g/mol. The van der Waals surface area contributed by atoms with Crippen LogP contribution in [0, 0.1) is 5.92 Å². The highest BCUT2D eigenvalue weighted by Gasteiger charge is 2.23. The summed E-state index contributed by atoms with van der Waals surface area (Å²) < 4.78 is 0. The molecule has 0 spiro atoms. The van der Waals surface area contributed by atoms with Gasteiger partial charge >= 0.3 is 5.97 Å². The Bertz CT molecular complexity index is 651. The van der Waals surface area contributed by atoms with Gasteiger partial charge < -0.3 is 5.11 Å². The van der Waals surface area contributed by atoms with Crippen molar-refractivity contribution in [2.75, 3.05) is 0 Å². The summed E-state index contributed by atoms with van der Waals surface area (Å²) in [5, 5.41) is 9.42. The molecule has 120 valence electrons. The molecule has 0 aromatic heterocycles. The third-order valence-corrected chi connectivity index (χ3v) is 4.06. The van der Waals surface area contributed by atoms with Crippen molar-refractivity contribution in [1.82, 2.24) is 0 Å². The van der Waals surface area contributed by atoms with Gasteiger partial charge in [0.15, 0.2) is 5.78 Å². The fourth-order valence-corrected chi connectivity index (χ4v) is 2.68. The molecule has 1 aromatic rings. The van der Waals surface area contributed by atoms with E-state index in [1.165, 1.54) is 0 Å². The lowest BCUT2D eigenvalue weighted by molar-refractivity contribution is -0.143. The number of carbonyl (C=O) groups excluding carboxylic acids is 1. The molecular weight excluding hydrogens is 288 g/mol. The molecule has 1 unspecified atom stereocenters. The van der Waals surface area contributed by atoms with E-state index in [1.54, 1.807) is 0 Å². The molecule has 0 heterocycles. The minimum atomic E-state index is -0.902. The van der Waals surface area contributed by atoms with Crippen LogP contribution in [-0.2, 0) is 16.0 Å². The molecule has 3 heteroatoms. The zero-order valence-electron chi connectivity index (χ0n) is 13.4. The van der Waals surface area contributed by atoms with Crippen LogP contribution in [0.25, 0.3) is 0 Å². The number of allylic oxidation sites excluding steroid dienone is 6. The monoisotopic (exact) mass is 310 g/mol.